The Hall–Kier alpha value is -1.27. The molecule has 108 valence electrons. The summed E-state index contributed by atoms with van der Waals surface area (Å²) < 4.78 is 0. The highest BCUT2D eigenvalue weighted by molar-refractivity contribution is 7.17. The zero-order chi connectivity index (χ0) is 14.3. The molecule has 3 rings (SSSR count). The largest absolute Gasteiger partial charge is 0.306 e. The number of amides is 1. The Bertz CT molecular complexity index is 559. The molecule has 1 fully saturated rings. The van der Waals surface area contributed by atoms with E-state index in [1.165, 1.54) is 11.3 Å². The zero-order valence-electron chi connectivity index (χ0n) is 11.8. The van der Waals surface area contributed by atoms with E-state index in [1.54, 1.807) is 0 Å². The summed E-state index contributed by atoms with van der Waals surface area (Å²) in [6.07, 6.45) is 3.24. The van der Waals surface area contributed by atoms with Crippen LogP contribution < -0.4 is 10.6 Å². The van der Waals surface area contributed by atoms with Gasteiger partial charge in [0.2, 0.25) is 5.91 Å². The monoisotopic (exact) mass is 293 g/mol. The molecular weight excluding hydrogens is 274 g/mol. The van der Waals surface area contributed by atoms with Crippen molar-refractivity contribution in [1.29, 1.82) is 0 Å². The molecule has 20 heavy (non-hydrogen) atoms. The number of rotatable bonds is 2. The summed E-state index contributed by atoms with van der Waals surface area (Å²) in [5.41, 5.74) is 0.804. The minimum atomic E-state index is -0.122. The summed E-state index contributed by atoms with van der Waals surface area (Å²) in [4.78, 5) is 29.3. The van der Waals surface area contributed by atoms with E-state index >= 15 is 0 Å². The smallest absolute Gasteiger partial charge is 0.243 e. The average Bonchev–Trinajstić information content (AvgIpc) is 2.95. The lowest BCUT2D eigenvalue weighted by Gasteiger charge is -2.26. The van der Waals surface area contributed by atoms with Gasteiger partial charge in [0.1, 0.15) is 0 Å². The van der Waals surface area contributed by atoms with Crippen molar-refractivity contribution in [2.45, 2.75) is 45.6 Å². The van der Waals surface area contributed by atoms with Gasteiger partial charge in [0.25, 0.3) is 0 Å². The van der Waals surface area contributed by atoms with E-state index in [1.807, 2.05) is 0 Å². The molecule has 5 nitrogen and oxygen atoms in total. The van der Waals surface area contributed by atoms with Crippen molar-refractivity contribution in [3.8, 4) is 0 Å². The lowest BCUT2D eigenvalue weighted by Crippen LogP contribution is -2.35. The Kier molecular flexibility index (Phi) is 3.38. The second-order valence-electron chi connectivity index (χ2n) is 6.37. The molecule has 1 unspecified atom stereocenters. The van der Waals surface area contributed by atoms with E-state index in [0.717, 1.165) is 36.4 Å². The first kappa shape index (κ1) is 13.7. The summed E-state index contributed by atoms with van der Waals surface area (Å²) in [6, 6.07) is -0.122. The van der Waals surface area contributed by atoms with E-state index in [2.05, 4.69) is 29.5 Å². The molecule has 1 aliphatic carbocycles. The lowest BCUT2D eigenvalue weighted by atomic mass is 9.78. The van der Waals surface area contributed by atoms with E-state index in [-0.39, 0.29) is 23.1 Å². The minimum absolute atomic E-state index is 0.0353. The zero-order valence-corrected chi connectivity index (χ0v) is 12.6. The van der Waals surface area contributed by atoms with Crippen LogP contribution in [0.5, 0.6) is 0 Å². The van der Waals surface area contributed by atoms with Gasteiger partial charge in [0.15, 0.2) is 10.9 Å². The molecule has 0 bridgehead atoms. The molecule has 0 aromatic carbocycles. The van der Waals surface area contributed by atoms with Gasteiger partial charge in [-0.15, -0.1) is 0 Å². The highest BCUT2D eigenvalue weighted by atomic mass is 32.1. The maximum atomic E-state index is 12.1. The lowest BCUT2D eigenvalue weighted by molar-refractivity contribution is -0.117. The van der Waals surface area contributed by atoms with Gasteiger partial charge in [-0.2, -0.15) is 0 Å². The van der Waals surface area contributed by atoms with Gasteiger partial charge < -0.3 is 10.6 Å². The summed E-state index contributed by atoms with van der Waals surface area (Å²) >= 11 is 1.31. The first-order valence-corrected chi connectivity index (χ1v) is 7.83. The number of Topliss-reactive ketones (excluding diaryl/α,β-unsaturated/α-hetero) is 1. The maximum absolute atomic E-state index is 12.1. The molecule has 6 heteroatoms. The third-order valence-corrected chi connectivity index (χ3v) is 4.90. The molecule has 2 aliphatic rings. The molecule has 1 saturated heterocycles. The van der Waals surface area contributed by atoms with Gasteiger partial charge in [-0.25, -0.2) is 4.98 Å². The Labute approximate surface area is 122 Å². The average molecular weight is 293 g/mol. The van der Waals surface area contributed by atoms with E-state index < -0.39 is 0 Å². The number of nitrogens with zero attached hydrogens (tertiary/aromatic N) is 1. The predicted molar refractivity (Wildman–Crippen MR) is 78.2 cm³/mol. The van der Waals surface area contributed by atoms with E-state index in [4.69, 9.17) is 0 Å². The number of nitrogens with one attached hydrogen (secondary N) is 2. The van der Waals surface area contributed by atoms with Crippen molar-refractivity contribution in [3.05, 3.63) is 10.6 Å². The number of carbonyl (C=O) groups is 2. The minimum Gasteiger partial charge on any atom is -0.306 e. The number of anilines is 1. The fourth-order valence-electron chi connectivity index (χ4n) is 2.87. The van der Waals surface area contributed by atoms with Crippen LogP contribution in [0.3, 0.4) is 0 Å². The fourth-order valence-corrected chi connectivity index (χ4v) is 3.80. The molecule has 1 aliphatic heterocycles. The van der Waals surface area contributed by atoms with Gasteiger partial charge in [0, 0.05) is 6.42 Å². The van der Waals surface area contributed by atoms with E-state index in [9.17, 15) is 9.59 Å². The topological polar surface area (TPSA) is 71.1 Å². The van der Waals surface area contributed by atoms with Crippen molar-refractivity contribution in [3.63, 3.8) is 0 Å². The summed E-state index contributed by atoms with van der Waals surface area (Å²) in [5.74, 6) is 0.105. The van der Waals surface area contributed by atoms with Crippen LogP contribution in [0.15, 0.2) is 0 Å². The normalized spacial score (nSPS) is 24.5. The molecule has 0 radical (unpaired) electrons. The highest BCUT2D eigenvalue weighted by Crippen LogP contribution is 2.38. The van der Waals surface area contributed by atoms with Crippen LogP contribution in [0.4, 0.5) is 5.13 Å². The molecule has 1 amide bonds. The highest BCUT2D eigenvalue weighted by Gasteiger charge is 2.34. The maximum Gasteiger partial charge on any atom is 0.243 e. The first-order valence-electron chi connectivity index (χ1n) is 7.02. The Balaban J connectivity index is 1.76. The first-order chi connectivity index (χ1) is 9.44. The molecule has 1 aromatic rings. The van der Waals surface area contributed by atoms with Gasteiger partial charge in [-0.3, -0.25) is 9.59 Å². The number of hydrogen-bond acceptors (Lipinski definition) is 5. The van der Waals surface area contributed by atoms with Crippen molar-refractivity contribution in [1.82, 2.24) is 10.3 Å². The molecular formula is C14H19N3O2S. The summed E-state index contributed by atoms with van der Waals surface area (Å²) in [7, 11) is 0. The quantitative estimate of drug-likeness (QED) is 0.875. The molecule has 2 heterocycles. The van der Waals surface area contributed by atoms with Crippen molar-refractivity contribution in [2.75, 3.05) is 11.9 Å². The Morgan fingerprint density at radius 2 is 2.25 bits per heavy atom. The second-order valence-corrected chi connectivity index (χ2v) is 7.37. The van der Waals surface area contributed by atoms with Crippen LogP contribution in [0.25, 0.3) is 0 Å². The molecule has 0 saturated carbocycles. The van der Waals surface area contributed by atoms with Crippen LogP contribution in [0.2, 0.25) is 0 Å². The van der Waals surface area contributed by atoms with Crippen LogP contribution in [0.1, 0.15) is 48.5 Å². The summed E-state index contributed by atoms with van der Waals surface area (Å²) in [6.45, 7) is 5.04. The third kappa shape index (κ3) is 2.62. The Morgan fingerprint density at radius 1 is 1.45 bits per heavy atom. The molecule has 1 atom stereocenters. The SMILES string of the molecule is CC1(C)CC(=O)c2sc(NC(=O)C3CCCN3)nc2C1. The number of fused-ring (bicyclic) bond motifs is 1. The number of hydrogen-bond donors (Lipinski definition) is 2. The second kappa shape index (κ2) is 4.93. The fraction of sp³-hybridized carbons (Fsp3) is 0.643. The van der Waals surface area contributed by atoms with Crippen molar-refractivity contribution < 1.29 is 9.59 Å². The van der Waals surface area contributed by atoms with E-state index in [0.29, 0.717) is 11.6 Å². The van der Waals surface area contributed by atoms with Gasteiger partial charge in [0.05, 0.1) is 16.6 Å². The Morgan fingerprint density at radius 3 is 2.95 bits per heavy atom. The summed E-state index contributed by atoms with van der Waals surface area (Å²) in [5, 5.41) is 6.56. The standard InChI is InChI=1S/C14H19N3O2S/c1-14(2)6-9-11(10(18)7-14)20-13(16-9)17-12(19)8-4-3-5-15-8/h8,15H,3-7H2,1-2H3,(H,16,17,19). The molecule has 2 N–H and O–H groups in total. The van der Waals surface area contributed by atoms with Gasteiger partial charge >= 0.3 is 0 Å². The third-order valence-electron chi connectivity index (χ3n) is 3.84. The predicted octanol–water partition coefficient (Wildman–Crippen LogP) is 1.99. The number of carbonyl (C=O) groups excluding carboxylic acids is 2. The van der Waals surface area contributed by atoms with Gasteiger partial charge in [-0.05, 0) is 31.2 Å². The van der Waals surface area contributed by atoms with Crippen molar-refractivity contribution >= 4 is 28.2 Å². The molecule has 0 spiro atoms. The van der Waals surface area contributed by atoms with Gasteiger partial charge in [-0.1, -0.05) is 25.2 Å². The van der Waals surface area contributed by atoms with Crippen LogP contribution in [0, 0.1) is 5.41 Å². The van der Waals surface area contributed by atoms with Crippen LogP contribution >= 0.6 is 11.3 Å². The number of aromatic nitrogens is 1. The number of thiazole rings is 1. The van der Waals surface area contributed by atoms with Crippen LogP contribution in [-0.2, 0) is 11.2 Å². The molecule has 1 aromatic heterocycles. The van der Waals surface area contributed by atoms with Crippen LogP contribution in [-0.4, -0.2) is 29.3 Å². The number of ketones is 1. The van der Waals surface area contributed by atoms with Crippen molar-refractivity contribution in [2.24, 2.45) is 5.41 Å².